The van der Waals surface area contributed by atoms with Crippen molar-refractivity contribution in [1.29, 1.82) is 0 Å². The van der Waals surface area contributed by atoms with Gasteiger partial charge in [-0.25, -0.2) is 0 Å². The summed E-state index contributed by atoms with van der Waals surface area (Å²) < 4.78 is 40.7. The van der Waals surface area contributed by atoms with Crippen LogP contribution in [0.5, 0.6) is 0 Å². The fourth-order valence-electron chi connectivity index (χ4n) is 2.01. The van der Waals surface area contributed by atoms with Gasteiger partial charge in [-0.3, -0.25) is 4.18 Å². The summed E-state index contributed by atoms with van der Waals surface area (Å²) in [5.74, 6) is 0. The number of benzene rings is 1. The van der Waals surface area contributed by atoms with Gasteiger partial charge in [-0.15, -0.1) is 0 Å². The summed E-state index contributed by atoms with van der Waals surface area (Å²) in [6.07, 6.45) is -1.80. The summed E-state index contributed by atoms with van der Waals surface area (Å²) in [5, 5.41) is 0. The van der Waals surface area contributed by atoms with Crippen molar-refractivity contribution < 1.29 is 22.1 Å². The molecule has 3 atom stereocenters. The molecule has 3 unspecified atom stereocenters. The predicted octanol–water partition coefficient (Wildman–Crippen LogP) is 1.24. The number of nitrogens with one attached hydrogen (secondary N) is 1. The molecule has 1 N–H and O–H groups in total. The summed E-state index contributed by atoms with van der Waals surface area (Å²) in [6.45, 7) is 3.65. The quantitative estimate of drug-likeness (QED) is 0.901. The van der Waals surface area contributed by atoms with Crippen LogP contribution >= 0.6 is 0 Å². The van der Waals surface area contributed by atoms with Crippen molar-refractivity contribution in [2.75, 3.05) is 7.11 Å². The maximum Gasteiger partial charge on any atom is 0.337 e. The first-order chi connectivity index (χ1) is 8.93. The van der Waals surface area contributed by atoms with E-state index in [0.717, 1.165) is 18.2 Å². The Morgan fingerprint density at radius 2 is 1.95 bits per heavy atom. The summed E-state index contributed by atoms with van der Waals surface area (Å²) >= 11 is 0. The van der Waals surface area contributed by atoms with Crippen LogP contribution in [0.2, 0.25) is 0 Å². The van der Waals surface area contributed by atoms with Crippen LogP contribution in [0.15, 0.2) is 24.3 Å². The molecule has 1 aliphatic heterocycles. The van der Waals surface area contributed by atoms with Crippen molar-refractivity contribution in [2.45, 2.75) is 32.5 Å². The van der Waals surface area contributed by atoms with E-state index in [-0.39, 0.29) is 0 Å². The highest BCUT2D eigenvalue weighted by Crippen LogP contribution is 2.33. The fourth-order valence-corrected chi connectivity index (χ4v) is 2.57. The molecule has 0 amide bonds. The van der Waals surface area contributed by atoms with E-state index in [1.165, 1.54) is 0 Å². The number of hydrogen-bond acceptors (Lipinski definition) is 5. The Kier molecular flexibility index (Phi) is 4.22. The van der Waals surface area contributed by atoms with Gasteiger partial charge in [0.1, 0.15) is 6.10 Å². The van der Waals surface area contributed by atoms with Crippen LogP contribution in [0.3, 0.4) is 0 Å². The summed E-state index contributed by atoms with van der Waals surface area (Å²) in [4.78, 5) is 0. The minimum atomic E-state index is -3.84. The SMILES string of the molecule is COS(=O)(=O)NC1OC(C)OC1c1ccccc1C. The molecule has 0 bridgehead atoms. The van der Waals surface area contributed by atoms with E-state index in [4.69, 9.17) is 9.47 Å². The Labute approximate surface area is 112 Å². The van der Waals surface area contributed by atoms with Crippen LogP contribution in [-0.2, 0) is 24.0 Å². The van der Waals surface area contributed by atoms with Gasteiger partial charge in [0.2, 0.25) is 0 Å². The first-order valence-electron chi connectivity index (χ1n) is 5.87. The standard InChI is InChI=1S/C12H17NO5S/c1-8-6-4-5-7-10(8)11-12(18-9(2)17-11)13-19(14,15)16-3/h4-7,9,11-13H,1-3H3. The largest absolute Gasteiger partial charge is 0.341 e. The minimum absolute atomic E-state index is 0.492. The third kappa shape index (κ3) is 3.31. The van der Waals surface area contributed by atoms with Crippen LogP contribution in [0.4, 0.5) is 0 Å². The van der Waals surface area contributed by atoms with E-state index in [2.05, 4.69) is 8.91 Å². The van der Waals surface area contributed by atoms with E-state index < -0.39 is 28.9 Å². The Hall–Kier alpha value is -0.990. The molecule has 106 valence electrons. The lowest BCUT2D eigenvalue weighted by Crippen LogP contribution is -2.38. The average molecular weight is 287 g/mol. The number of rotatable bonds is 4. The molecule has 6 nitrogen and oxygen atoms in total. The zero-order valence-corrected chi connectivity index (χ0v) is 11.8. The Morgan fingerprint density at radius 1 is 1.26 bits per heavy atom. The molecule has 2 rings (SSSR count). The van der Waals surface area contributed by atoms with Crippen LogP contribution in [0.25, 0.3) is 0 Å². The molecule has 1 fully saturated rings. The highest BCUT2D eigenvalue weighted by atomic mass is 32.2. The van der Waals surface area contributed by atoms with E-state index in [0.29, 0.717) is 0 Å². The topological polar surface area (TPSA) is 73.9 Å². The van der Waals surface area contributed by atoms with Crippen LogP contribution in [-0.4, -0.2) is 28.0 Å². The van der Waals surface area contributed by atoms with Gasteiger partial charge >= 0.3 is 10.3 Å². The van der Waals surface area contributed by atoms with E-state index >= 15 is 0 Å². The summed E-state index contributed by atoms with van der Waals surface area (Å²) in [6, 6.07) is 7.60. The van der Waals surface area contributed by atoms with E-state index in [1.807, 2.05) is 31.2 Å². The fraction of sp³-hybridized carbons (Fsp3) is 0.500. The van der Waals surface area contributed by atoms with E-state index in [9.17, 15) is 8.42 Å². The third-order valence-corrected chi connectivity index (χ3v) is 3.89. The van der Waals surface area contributed by atoms with Gasteiger partial charge in [0.25, 0.3) is 0 Å². The first-order valence-corrected chi connectivity index (χ1v) is 7.28. The van der Waals surface area contributed by atoms with Gasteiger partial charge in [0.15, 0.2) is 12.5 Å². The normalized spacial score (nSPS) is 27.6. The maximum atomic E-state index is 11.5. The molecule has 1 saturated heterocycles. The molecule has 0 radical (unpaired) electrons. The maximum absolute atomic E-state index is 11.5. The average Bonchev–Trinajstić information content (AvgIpc) is 2.70. The van der Waals surface area contributed by atoms with Crippen molar-refractivity contribution in [3.63, 3.8) is 0 Å². The third-order valence-electron chi connectivity index (χ3n) is 2.93. The zero-order chi connectivity index (χ0) is 14.0. The van der Waals surface area contributed by atoms with Gasteiger partial charge in [-0.1, -0.05) is 24.3 Å². The molecule has 0 spiro atoms. The lowest BCUT2D eigenvalue weighted by molar-refractivity contribution is -0.0523. The highest BCUT2D eigenvalue weighted by molar-refractivity contribution is 7.84. The molecule has 0 saturated carbocycles. The number of ether oxygens (including phenoxy) is 2. The zero-order valence-electron chi connectivity index (χ0n) is 11.0. The molecule has 1 aliphatic rings. The predicted molar refractivity (Wildman–Crippen MR) is 68.4 cm³/mol. The second kappa shape index (κ2) is 5.56. The number of aryl methyl sites for hydroxylation is 1. The van der Waals surface area contributed by atoms with Gasteiger partial charge in [0, 0.05) is 0 Å². The van der Waals surface area contributed by atoms with Gasteiger partial charge < -0.3 is 9.47 Å². The summed E-state index contributed by atoms with van der Waals surface area (Å²) in [7, 11) is -2.75. The van der Waals surface area contributed by atoms with Crippen molar-refractivity contribution in [2.24, 2.45) is 0 Å². The molecular formula is C12H17NO5S. The van der Waals surface area contributed by atoms with Crippen LogP contribution < -0.4 is 4.72 Å². The highest BCUT2D eigenvalue weighted by Gasteiger charge is 2.38. The van der Waals surface area contributed by atoms with Crippen molar-refractivity contribution >= 4 is 10.3 Å². The molecular weight excluding hydrogens is 270 g/mol. The Balaban J connectivity index is 2.26. The van der Waals surface area contributed by atoms with Crippen molar-refractivity contribution in [3.05, 3.63) is 35.4 Å². The van der Waals surface area contributed by atoms with Crippen molar-refractivity contribution in [3.8, 4) is 0 Å². The Bertz CT molecular complexity index is 545. The van der Waals surface area contributed by atoms with Gasteiger partial charge in [-0.2, -0.15) is 13.1 Å². The summed E-state index contributed by atoms with van der Waals surface area (Å²) in [5.41, 5.74) is 1.89. The smallest absolute Gasteiger partial charge is 0.337 e. The molecule has 1 aromatic rings. The Morgan fingerprint density at radius 3 is 2.58 bits per heavy atom. The van der Waals surface area contributed by atoms with E-state index in [1.54, 1.807) is 6.92 Å². The molecule has 7 heteroatoms. The molecule has 0 aliphatic carbocycles. The second-order valence-corrected chi connectivity index (χ2v) is 5.75. The molecule has 1 heterocycles. The van der Waals surface area contributed by atoms with Crippen LogP contribution in [0, 0.1) is 6.92 Å². The first kappa shape index (κ1) is 14.4. The molecule has 0 aromatic heterocycles. The second-order valence-electron chi connectivity index (χ2n) is 4.28. The monoisotopic (exact) mass is 287 g/mol. The van der Waals surface area contributed by atoms with Crippen LogP contribution in [0.1, 0.15) is 24.2 Å². The molecule has 19 heavy (non-hydrogen) atoms. The lowest BCUT2D eigenvalue weighted by atomic mass is 10.0. The van der Waals surface area contributed by atoms with Gasteiger partial charge in [-0.05, 0) is 25.0 Å². The van der Waals surface area contributed by atoms with Crippen molar-refractivity contribution in [1.82, 2.24) is 4.72 Å². The lowest BCUT2D eigenvalue weighted by Gasteiger charge is -2.19. The molecule has 1 aromatic carbocycles. The minimum Gasteiger partial charge on any atom is -0.341 e. The number of hydrogen-bond donors (Lipinski definition) is 1. The van der Waals surface area contributed by atoms with Gasteiger partial charge in [0.05, 0.1) is 7.11 Å².